The molecule has 2 nitrogen and oxygen atoms in total. The number of benzene rings is 6. The molecule has 0 saturated heterocycles. The number of allylic oxidation sites excluding steroid dienone is 10. The van der Waals surface area contributed by atoms with Gasteiger partial charge in [-0.05, 0) is 92.7 Å². The lowest BCUT2D eigenvalue weighted by Gasteiger charge is -2.25. The highest BCUT2D eigenvalue weighted by atomic mass is 16.3. The van der Waals surface area contributed by atoms with Crippen molar-refractivity contribution in [1.29, 1.82) is 0 Å². The maximum atomic E-state index is 6.59. The van der Waals surface area contributed by atoms with E-state index in [-0.39, 0.29) is 0 Å². The van der Waals surface area contributed by atoms with Crippen LogP contribution in [0.15, 0.2) is 231 Å². The van der Waals surface area contributed by atoms with E-state index in [1.54, 1.807) is 6.08 Å². The van der Waals surface area contributed by atoms with Gasteiger partial charge in [0, 0.05) is 28.4 Å². The summed E-state index contributed by atoms with van der Waals surface area (Å²) in [5.74, 6) is 0.772. The first-order valence-electron chi connectivity index (χ1n) is 18.0. The van der Waals surface area contributed by atoms with Crippen LogP contribution in [0.4, 0.5) is 11.4 Å². The van der Waals surface area contributed by atoms with Gasteiger partial charge in [0.1, 0.15) is 11.3 Å². The normalized spacial score (nSPS) is 12.1. The molecular formula is C52H41NO. The molecule has 260 valence electrons. The van der Waals surface area contributed by atoms with Crippen molar-refractivity contribution < 1.29 is 4.42 Å². The molecule has 0 saturated carbocycles. The van der Waals surface area contributed by atoms with Crippen LogP contribution in [0.25, 0.3) is 49.6 Å². The summed E-state index contributed by atoms with van der Waals surface area (Å²) in [6, 6.07) is 50.6. The Hall–Kier alpha value is -7.16. The molecule has 0 amide bonds. The van der Waals surface area contributed by atoms with Gasteiger partial charge in [0.2, 0.25) is 0 Å². The van der Waals surface area contributed by atoms with Gasteiger partial charge in [0.25, 0.3) is 0 Å². The summed E-state index contributed by atoms with van der Waals surface area (Å²) in [5.41, 5.74) is 11.1. The first-order valence-corrected chi connectivity index (χ1v) is 18.0. The third-order valence-electron chi connectivity index (χ3n) is 9.37. The average molecular weight is 696 g/mol. The summed E-state index contributed by atoms with van der Waals surface area (Å²) < 4.78 is 6.59. The maximum Gasteiger partial charge on any atom is 0.136 e. The van der Waals surface area contributed by atoms with Gasteiger partial charge in [0.05, 0.1) is 5.69 Å². The van der Waals surface area contributed by atoms with Gasteiger partial charge in [-0.3, -0.25) is 0 Å². The van der Waals surface area contributed by atoms with Crippen LogP contribution >= 0.6 is 0 Å². The molecule has 7 aromatic rings. The molecule has 0 N–H and O–H groups in total. The lowest BCUT2D eigenvalue weighted by atomic mass is 9.98. The van der Waals surface area contributed by atoms with Crippen molar-refractivity contribution in [2.45, 2.75) is 0 Å². The van der Waals surface area contributed by atoms with Crippen LogP contribution in [0, 0.1) is 0 Å². The van der Waals surface area contributed by atoms with Gasteiger partial charge in [-0.2, -0.15) is 0 Å². The Morgan fingerprint density at radius 1 is 0.574 bits per heavy atom. The minimum atomic E-state index is 0.772. The molecule has 2 heteroatoms. The predicted octanol–water partition coefficient (Wildman–Crippen LogP) is 14.5. The van der Waals surface area contributed by atoms with Gasteiger partial charge in [-0.1, -0.05) is 172 Å². The second-order valence-corrected chi connectivity index (χ2v) is 12.8. The SMILES string of the molecule is C=C/C=C\C(=C)c1cccc(-c2ccc(N(/C=C/C=C(\C=C)c3ccccc3)c3ccccc3/C(=C/C=C)c3cc4cc5ccccc5cc4o3)cc2)c1. The van der Waals surface area contributed by atoms with Crippen LogP contribution in [0.3, 0.4) is 0 Å². The van der Waals surface area contributed by atoms with Gasteiger partial charge in [0.15, 0.2) is 0 Å². The van der Waals surface area contributed by atoms with Crippen molar-refractivity contribution in [2.75, 3.05) is 4.90 Å². The molecule has 0 spiro atoms. The Labute approximate surface area is 318 Å². The van der Waals surface area contributed by atoms with Crippen molar-refractivity contribution in [3.63, 3.8) is 0 Å². The van der Waals surface area contributed by atoms with Gasteiger partial charge in [-0.25, -0.2) is 0 Å². The van der Waals surface area contributed by atoms with E-state index in [9.17, 15) is 0 Å². The number of furan rings is 1. The highest BCUT2D eigenvalue weighted by molar-refractivity contribution is 5.98. The maximum absolute atomic E-state index is 6.59. The number of hydrogen-bond acceptors (Lipinski definition) is 2. The van der Waals surface area contributed by atoms with Crippen LogP contribution in [-0.4, -0.2) is 0 Å². The van der Waals surface area contributed by atoms with Gasteiger partial charge in [-0.15, -0.1) is 0 Å². The minimum absolute atomic E-state index is 0.772. The van der Waals surface area contributed by atoms with Crippen molar-refractivity contribution >= 4 is 49.8 Å². The Morgan fingerprint density at radius 2 is 1.30 bits per heavy atom. The Bertz CT molecular complexity index is 2550. The molecule has 0 fully saturated rings. The first kappa shape index (κ1) is 35.3. The minimum Gasteiger partial charge on any atom is -0.456 e. The highest BCUT2D eigenvalue weighted by Gasteiger charge is 2.18. The zero-order chi connectivity index (χ0) is 37.3. The summed E-state index contributed by atoms with van der Waals surface area (Å²) in [7, 11) is 0. The van der Waals surface area contributed by atoms with Gasteiger partial charge >= 0.3 is 0 Å². The number of para-hydroxylation sites is 1. The lowest BCUT2D eigenvalue weighted by Crippen LogP contribution is -2.11. The second kappa shape index (κ2) is 16.5. The van der Waals surface area contributed by atoms with Crippen molar-refractivity contribution in [3.8, 4) is 11.1 Å². The van der Waals surface area contributed by atoms with E-state index in [4.69, 9.17) is 4.42 Å². The summed E-state index contributed by atoms with van der Waals surface area (Å²) >= 11 is 0. The third-order valence-corrected chi connectivity index (χ3v) is 9.37. The van der Waals surface area contributed by atoms with Crippen molar-refractivity contribution in [1.82, 2.24) is 0 Å². The van der Waals surface area contributed by atoms with Gasteiger partial charge < -0.3 is 9.32 Å². The van der Waals surface area contributed by atoms with Crippen molar-refractivity contribution in [3.05, 3.63) is 249 Å². The number of hydrogen-bond donors (Lipinski definition) is 0. The zero-order valence-corrected chi connectivity index (χ0v) is 30.2. The number of rotatable bonds is 13. The summed E-state index contributed by atoms with van der Waals surface area (Å²) in [4.78, 5) is 2.22. The first-order chi connectivity index (χ1) is 26.6. The Kier molecular flexibility index (Phi) is 10.7. The Balaban J connectivity index is 1.32. The Morgan fingerprint density at radius 3 is 2.06 bits per heavy atom. The van der Waals surface area contributed by atoms with E-state index in [0.29, 0.717) is 0 Å². The fourth-order valence-corrected chi connectivity index (χ4v) is 6.64. The zero-order valence-electron chi connectivity index (χ0n) is 30.2. The molecule has 1 heterocycles. The molecule has 1 aromatic heterocycles. The number of fused-ring (bicyclic) bond motifs is 2. The van der Waals surface area contributed by atoms with E-state index in [1.165, 1.54) is 5.39 Å². The topological polar surface area (TPSA) is 16.4 Å². The summed E-state index contributed by atoms with van der Waals surface area (Å²) in [6.07, 6.45) is 17.6. The molecule has 0 aliphatic carbocycles. The standard InChI is InChI=1S/C52H41NO/c1-5-8-19-38(4)42-24-16-25-43(34-42)41-29-31-47(32-30-41)53(33-17-26-39(7-3)40-20-10-9-11-21-40)50-28-15-14-27-48(50)49(18-6-2)52-37-46-35-44-22-12-13-23-45(44)36-51(46)54-52/h5-37H,1-4H2/b19-8-,33-17+,39-26+,49-18-. The van der Waals surface area contributed by atoms with Crippen LogP contribution < -0.4 is 4.90 Å². The number of anilines is 2. The smallest absolute Gasteiger partial charge is 0.136 e. The van der Waals surface area contributed by atoms with Crippen LogP contribution in [0.2, 0.25) is 0 Å². The molecule has 0 aliphatic heterocycles. The van der Waals surface area contributed by atoms with Crippen LogP contribution in [0.5, 0.6) is 0 Å². The van der Waals surface area contributed by atoms with E-state index < -0.39 is 0 Å². The quantitative estimate of drug-likeness (QED) is 0.112. The fraction of sp³-hybridized carbons (Fsp3) is 0. The lowest BCUT2D eigenvalue weighted by molar-refractivity contribution is 0.601. The van der Waals surface area contributed by atoms with E-state index >= 15 is 0 Å². The van der Waals surface area contributed by atoms with E-state index in [1.807, 2.05) is 48.6 Å². The molecule has 54 heavy (non-hydrogen) atoms. The molecular weight excluding hydrogens is 655 g/mol. The monoisotopic (exact) mass is 695 g/mol. The molecule has 0 radical (unpaired) electrons. The van der Waals surface area contributed by atoms with Crippen LogP contribution in [0.1, 0.15) is 22.5 Å². The summed E-state index contributed by atoms with van der Waals surface area (Å²) in [5, 5.41) is 3.37. The highest BCUT2D eigenvalue weighted by Crippen LogP contribution is 2.39. The molecule has 0 unspecified atom stereocenters. The third kappa shape index (κ3) is 7.69. The molecule has 6 aromatic carbocycles. The second-order valence-electron chi connectivity index (χ2n) is 12.8. The molecule has 0 aliphatic rings. The van der Waals surface area contributed by atoms with Crippen molar-refractivity contribution in [2.24, 2.45) is 0 Å². The fourth-order valence-electron chi connectivity index (χ4n) is 6.64. The molecule has 0 bridgehead atoms. The summed E-state index contributed by atoms with van der Waals surface area (Å²) in [6.45, 7) is 16.2. The molecule has 0 atom stereocenters. The van der Waals surface area contributed by atoms with E-state index in [2.05, 4.69) is 177 Å². The molecule has 7 rings (SSSR count). The predicted molar refractivity (Wildman–Crippen MR) is 234 cm³/mol. The average Bonchev–Trinajstić information content (AvgIpc) is 3.64. The van der Waals surface area contributed by atoms with E-state index in [0.717, 1.165) is 78.0 Å². The van der Waals surface area contributed by atoms with Crippen LogP contribution in [-0.2, 0) is 0 Å². The number of nitrogens with zero attached hydrogens (tertiary/aromatic N) is 1. The largest absolute Gasteiger partial charge is 0.456 e.